The highest BCUT2D eigenvalue weighted by Crippen LogP contribution is 2.66. The Labute approximate surface area is 240 Å². The van der Waals surface area contributed by atoms with E-state index in [0.717, 1.165) is 32.1 Å². The van der Waals surface area contributed by atoms with Gasteiger partial charge >= 0.3 is 0 Å². The monoisotopic (exact) mass is 576 g/mol. The van der Waals surface area contributed by atoms with E-state index >= 15 is 0 Å². The first-order valence-electron chi connectivity index (χ1n) is 15.1. The van der Waals surface area contributed by atoms with Crippen molar-refractivity contribution in [2.24, 2.45) is 16.7 Å². The van der Waals surface area contributed by atoms with Crippen molar-refractivity contribution in [3.8, 4) is 0 Å². The van der Waals surface area contributed by atoms with Crippen LogP contribution in [0.1, 0.15) is 57.9 Å². The summed E-state index contributed by atoms with van der Waals surface area (Å²) in [5.41, 5.74) is 1.67. The van der Waals surface area contributed by atoms with Gasteiger partial charge in [-0.2, -0.15) is 4.31 Å². The lowest BCUT2D eigenvalue weighted by Gasteiger charge is -2.44. The van der Waals surface area contributed by atoms with Crippen molar-refractivity contribution in [1.29, 1.82) is 0 Å². The lowest BCUT2D eigenvalue weighted by Crippen LogP contribution is -2.59. The minimum Gasteiger partial charge on any atom is -0.396 e. The Morgan fingerprint density at radius 1 is 1.12 bits per heavy atom. The Kier molecular flexibility index (Phi) is 8.84. The van der Waals surface area contributed by atoms with Gasteiger partial charge in [-0.15, -0.1) is 0 Å². The summed E-state index contributed by atoms with van der Waals surface area (Å²) in [5, 5.41) is 16.4. The molecule has 2 bridgehead atoms. The van der Waals surface area contributed by atoms with Crippen molar-refractivity contribution >= 4 is 21.6 Å². The highest BCUT2D eigenvalue weighted by Gasteiger charge is 2.66. The molecule has 10 heteroatoms. The van der Waals surface area contributed by atoms with E-state index in [1.54, 1.807) is 4.31 Å². The molecule has 0 spiro atoms. The van der Waals surface area contributed by atoms with Crippen LogP contribution in [0.4, 0.5) is 5.69 Å². The summed E-state index contributed by atoms with van der Waals surface area (Å²) in [6.07, 6.45) is 4.62. The number of sulfonamides is 1. The van der Waals surface area contributed by atoms with Crippen molar-refractivity contribution in [1.82, 2.24) is 14.9 Å². The Hall–Kier alpha value is -1.72. The fourth-order valence-corrected chi connectivity index (χ4v) is 10.3. The number of carbonyl (C=O) groups is 1. The van der Waals surface area contributed by atoms with Gasteiger partial charge in [0.25, 0.3) is 0 Å². The topological polar surface area (TPSA) is 111 Å². The second-order valence-electron chi connectivity index (χ2n) is 13.0. The largest absolute Gasteiger partial charge is 0.396 e. The van der Waals surface area contributed by atoms with Gasteiger partial charge in [0.15, 0.2) is 0 Å². The van der Waals surface area contributed by atoms with Gasteiger partial charge in [-0.05, 0) is 68.4 Å². The summed E-state index contributed by atoms with van der Waals surface area (Å²) >= 11 is 0. The Balaban J connectivity index is 1.28. The van der Waals surface area contributed by atoms with Crippen molar-refractivity contribution in [2.75, 3.05) is 56.7 Å². The number of aliphatic hydroxyl groups excluding tert-OH is 1. The van der Waals surface area contributed by atoms with Gasteiger partial charge in [0.2, 0.25) is 15.9 Å². The standard InChI is InChI=1S/C30H48N4O5S/c1-22-6-4-5-7-26(22)33-13-15-34(16-14-33)40(37,38)21-30-12-8-23(29(30,2)3)20-27(30)32-28(36)25(9-17-35)31-24-10-18-39-19-11-24/h4-7,23-25,27,31,35H,8-21H2,1-3H3,(H,32,36)/t23?,25-,27?,30?/m0/s1. The van der Waals surface area contributed by atoms with Crippen LogP contribution in [-0.2, 0) is 19.6 Å². The molecule has 0 radical (unpaired) electrons. The van der Waals surface area contributed by atoms with Crippen LogP contribution in [0.2, 0.25) is 0 Å². The summed E-state index contributed by atoms with van der Waals surface area (Å²) in [5.74, 6) is 0.319. The lowest BCUT2D eigenvalue weighted by atomic mass is 9.69. The number of nitrogens with one attached hydrogen (secondary N) is 2. The number of para-hydroxylation sites is 1. The smallest absolute Gasteiger partial charge is 0.237 e. The molecule has 9 nitrogen and oxygen atoms in total. The van der Waals surface area contributed by atoms with Crippen LogP contribution in [-0.4, -0.2) is 93.6 Å². The Bertz CT molecular complexity index is 1150. The molecule has 0 aromatic heterocycles. The first-order valence-corrected chi connectivity index (χ1v) is 16.7. The second kappa shape index (κ2) is 11.9. The molecular weight excluding hydrogens is 528 g/mol. The maximum atomic E-state index is 14.0. The molecule has 224 valence electrons. The molecule has 4 aliphatic rings. The van der Waals surface area contributed by atoms with E-state index in [9.17, 15) is 18.3 Å². The third-order valence-electron chi connectivity index (χ3n) is 10.7. The van der Waals surface area contributed by atoms with Gasteiger partial charge in [-0.1, -0.05) is 32.0 Å². The molecule has 4 atom stereocenters. The predicted octanol–water partition coefficient (Wildman–Crippen LogP) is 2.28. The fraction of sp³-hybridized carbons (Fsp3) is 0.767. The number of nitrogens with zero attached hydrogens (tertiary/aromatic N) is 2. The number of hydrogen-bond acceptors (Lipinski definition) is 7. The molecule has 2 saturated carbocycles. The summed E-state index contributed by atoms with van der Waals surface area (Å²) in [6.45, 7) is 10.0. The van der Waals surface area contributed by atoms with Crippen LogP contribution in [0, 0.1) is 23.7 Å². The quantitative estimate of drug-likeness (QED) is 0.392. The number of benzene rings is 1. The molecule has 2 saturated heterocycles. The van der Waals surface area contributed by atoms with Gasteiger partial charge in [0, 0.05) is 69.2 Å². The van der Waals surface area contributed by atoms with Crippen molar-refractivity contribution < 1.29 is 23.1 Å². The number of carbonyl (C=O) groups excluding carboxylic acids is 1. The molecule has 4 fully saturated rings. The van der Waals surface area contributed by atoms with Crippen LogP contribution in [0.5, 0.6) is 0 Å². The van der Waals surface area contributed by atoms with Gasteiger partial charge in [0.05, 0.1) is 11.8 Å². The normalized spacial score (nSPS) is 29.9. The zero-order valence-corrected chi connectivity index (χ0v) is 25.2. The number of aryl methyl sites for hydroxylation is 1. The van der Waals surface area contributed by atoms with E-state index in [2.05, 4.69) is 48.4 Å². The van der Waals surface area contributed by atoms with E-state index in [-0.39, 0.29) is 35.8 Å². The van der Waals surface area contributed by atoms with Crippen LogP contribution >= 0.6 is 0 Å². The third-order valence-corrected chi connectivity index (χ3v) is 12.7. The van der Waals surface area contributed by atoms with Gasteiger partial charge in [0.1, 0.15) is 0 Å². The number of fused-ring (bicyclic) bond motifs is 2. The molecular formula is C30H48N4O5S. The molecule has 2 heterocycles. The second-order valence-corrected chi connectivity index (χ2v) is 14.9. The van der Waals surface area contributed by atoms with Crippen molar-refractivity contribution in [3.63, 3.8) is 0 Å². The molecule has 40 heavy (non-hydrogen) atoms. The lowest BCUT2D eigenvalue weighted by molar-refractivity contribution is -0.125. The molecule has 3 unspecified atom stereocenters. The minimum atomic E-state index is -3.53. The Morgan fingerprint density at radius 3 is 2.48 bits per heavy atom. The first kappa shape index (κ1) is 29.8. The number of ether oxygens (including phenoxy) is 1. The number of piperazine rings is 1. The number of amides is 1. The number of aliphatic hydroxyl groups is 1. The van der Waals surface area contributed by atoms with Crippen LogP contribution in [0.25, 0.3) is 0 Å². The third kappa shape index (κ3) is 5.67. The summed E-state index contributed by atoms with van der Waals surface area (Å²) in [7, 11) is -3.53. The van der Waals surface area contributed by atoms with Crippen LogP contribution in [0.3, 0.4) is 0 Å². The van der Waals surface area contributed by atoms with E-state index in [0.29, 0.717) is 51.7 Å². The van der Waals surface area contributed by atoms with E-state index in [1.807, 2.05) is 12.1 Å². The van der Waals surface area contributed by atoms with Crippen molar-refractivity contribution in [2.45, 2.75) is 77.4 Å². The maximum Gasteiger partial charge on any atom is 0.237 e. The van der Waals surface area contributed by atoms with Gasteiger partial charge in [-0.3, -0.25) is 4.79 Å². The fourth-order valence-electron chi connectivity index (χ4n) is 8.01. The summed E-state index contributed by atoms with van der Waals surface area (Å²) < 4.78 is 35.1. The van der Waals surface area contributed by atoms with Gasteiger partial charge in [-0.25, -0.2) is 8.42 Å². The van der Waals surface area contributed by atoms with E-state index in [4.69, 9.17) is 4.74 Å². The molecule has 2 aliphatic carbocycles. The van der Waals surface area contributed by atoms with E-state index in [1.165, 1.54) is 11.3 Å². The predicted molar refractivity (Wildman–Crippen MR) is 157 cm³/mol. The maximum absolute atomic E-state index is 14.0. The SMILES string of the molecule is Cc1ccccc1N1CCN(S(=O)(=O)CC23CCC(CC2NC(=O)[C@H](CCO)NC2CCOCC2)C3(C)C)CC1. The first-order chi connectivity index (χ1) is 19.1. The highest BCUT2D eigenvalue weighted by molar-refractivity contribution is 7.89. The highest BCUT2D eigenvalue weighted by atomic mass is 32.2. The number of hydrogen-bond donors (Lipinski definition) is 3. The summed E-state index contributed by atoms with van der Waals surface area (Å²) in [4.78, 5) is 15.9. The summed E-state index contributed by atoms with van der Waals surface area (Å²) in [6, 6.07) is 7.73. The van der Waals surface area contributed by atoms with E-state index < -0.39 is 21.5 Å². The van der Waals surface area contributed by atoms with Crippen LogP contribution in [0.15, 0.2) is 24.3 Å². The van der Waals surface area contributed by atoms with Crippen LogP contribution < -0.4 is 15.5 Å². The molecule has 1 aromatic carbocycles. The number of rotatable bonds is 10. The zero-order valence-electron chi connectivity index (χ0n) is 24.4. The van der Waals surface area contributed by atoms with Crippen molar-refractivity contribution in [3.05, 3.63) is 29.8 Å². The average molecular weight is 577 g/mol. The zero-order chi connectivity index (χ0) is 28.5. The molecule has 3 N–H and O–H groups in total. The number of anilines is 1. The molecule has 2 aliphatic heterocycles. The molecule has 5 rings (SSSR count). The van der Waals surface area contributed by atoms with Gasteiger partial charge < -0.3 is 25.4 Å². The Morgan fingerprint density at radius 2 is 1.82 bits per heavy atom. The molecule has 1 aromatic rings. The average Bonchev–Trinajstić information content (AvgIpc) is 3.28. The minimum absolute atomic E-state index is 0.0663. The molecule has 1 amide bonds.